The van der Waals surface area contributed by atoms with Gasteiger partial charge >= 0.3 is 0 Å². The summed E-state index contributed by atoms with van der Waals surface area (Å²) in [6, 6.07) is 0. The smallest absolute Gasteiger partial charge is 0.100 e. The highest BCUT2D eigenvalue weighted by atomic mass is 19.1. The molecule has 0 aromatic carbocycles. The summed E-state index contributed by atoms with van der Waals surface area (Å²) in [6.45, 7) is 4.58. The molecule has 0 aromatic rings. The predicted octanol–water partition coefficient (Wildman–Crippen LogP) is 4.58. The molecule has 3 fully saturated rings. The van der Waals surface area contributed by atoms with Crippen LogP contribution < -0.4 is 0 Å². The summed E-state index contributed by atoms with van der Waals surface area (Å²) in [4.78, 5) is 2.53. The molecule has 3 aliphatic rings. The van der Waals surface area contributed by atoms with Crippen LogP contribution in [0.3, 0.4) is 0 Å². The van der Waals surface area contributed by atoms with Crippen LogP contribution in [0.5, 0.6) is 0 Å². The molecule has 2 aliphatic carbocycles. The molecule has 2 nitrogen and oxygen atoms in total. The number of halogens is 1. The van der Waals surface area contributed by atoms with E-state index in [2.05, 4.69) is 4.90 Å². The summed E-state index contributed by atoms with van der Waals surface area (Å²) in [5, 5.41) is 0. The van der Waals surface area contributed by atoms with Gasteiger partial charge in [0, 0.05) is 6.54 Å². The number of rotatable bonds is 6. The Balaban J connectivity index is 1.27. The quantitative estimate of drug-likeness (QED) is 0.712. The van der Waals surface area contributed by atoms with Crippen molar-refractivity contribution >= 4 is 0 Å². The standard InChI is InChI=1S/C19H34FNO/c20-18-5-3-4-17(15-18)14-16-6-8-19(9-7-16)22-13-12-21-10-1-2-11-21/h16-19H,1-15H2. The van der Waals surface area contributed by atoms with Gasteiger partial charge in [0.05, 0.1) is 12.7 Å². The Labute approximate surface area is 135 Å². The third-order valence-corrected chi connectivity index (χ3v) is 6.14. The Bertz CT molecular complexity index is 311. The van der Waals surface area contributed by atoms with Gasteiger partial charge in [0.15, 0.2) is 0 Å². The first-order valence-electron chi connectivity index (χ1n) is 9.77. The Hall–Kier alpha value is -0.150. The van der Waals surface area contributed by atoms with Gasteiger partial charge in [-0.15, -0.1) is 0 Å². The molecule has 0 N–H and O–H groups in total. The van der Waals surface area contributed by atoms with Crippen molar-refractivity contribution in [3.63, 3.8) is 0 Å². The normalized spacial score (nSPS) is 37.5. The van der Waals surface area contributed by atoms with E-state index < -0.39 is 6.17 Å². The van der Waals surface area contributed by atoms with E-state index >= 15 is 0 Å². The maximum absolute atomic E-state index is 13.5. The van der Waals surface area contributed by atoms with Gasteiger partial charge in [-0.25, -0.2) is 4.39 Å². The summed E-state index contributed by atoms with van der Waals surface area (Å²) in [6.07, 6.45) is 13.1. The highest BCUT2D eigenvalue weighted by Gasteiger charge is 2.27. The third-order valence-electron chi connectivity index (χ3n) is 6.14. The Morgan fingerprint density at radius 3 is 2.36 bits per heavy atom. The minimum absolute atomic E-state index is 0.499. The molecule has 2 unspecified atom stereocenters. The first-order chi connectivity index (χ1) is 10.8. The van der Waals surface area contributed by atoms with Crippen LogP contribution >= 0.6 is 0 Å². The van der Waals surface area contributed by atoms with E-state index in [0.717, 1.165) is 38.3 Å². The lowest BCUT2D eigenvalue weighted by Gasteiger charge is -2.33. The summed E-state index contributed by atoms with van der Waals surface area (Å²) in [5.41, 5.74) is 0. The van der Waals surface area contributed by atoms with Crippen LogP contribution in [-0.2, 0) is 4.74 Å². The lowest BCUT2D eigenvalue weighted by Crippen LogP contribution is -2.29. The van der Waals surface area contributed by atoms with Gasteiger partial charge in [0.1, 0.15) is 6.17 Å². The molecular weight excluding hydrogens is 277 g/mol. The van der Waals surface area contributed by atoms with Crippen molar-refractivity contribution in [3.05, 3.63) is 0 Å². The fourth-order valence-electron chi connectivity index (χ4n) is 4.80. The first-order valence-corrected chi connectivity index (χ1v) is 9.77. The molecule has 128 valence electrons. The third kappa shape index (κ3) is 5.19. The summed E-state index contributed by atoms with van der Waals surface area (Å²) in [5.74, 6) is 1.51. The minimum Gasteiger partial charge on any atom is -0.377 e. The van der Waals surface area contributed by atoms with E-state index in [1.165, 1.54) is 64.5 Å². The fourth-order valence-corrected chi connectivity index (χ4v) is 4.80. The monoisotopic (exact) mass is 311 g/mol. The topological polar surface area (TPSA) is 12.5 Å². The lowest BCUT2D eigenvalue weighted by molar-refractivity contribution is 0.00611. The van der Waals surface area contributed by atoms with E-state index in [4.69, 9.17) is 4.74 Å². The lowest BCUT2D eigenvalue weighted by atomic mass is 9.76. The predicted molar refractivity (Wildman–Crippen MR) is 88.8 cm³/mol. The molecule has 0 amide bonds. The van der Waals surface area contributed by atoms with Crippen LogP contribution in [-0.4, -0.2) is 43.4 Å². The van der Waals surface area contributed by atoms with Gasteiger partial charge in [-0.05, 0) is 82.7 Å². The van der Waals surface area contributed by atoms with Crippen LogP contribution in [0.1, 0.15) is 70.6 Å². The zero-order valence-electron chi connectivity index (χ0n) is 14.1. The molecule has 3 heteroatoms. The van der Waals surface area contributed by atoms with Crippen LogP contribution in [0.25, 0.3) is 0 Å². The Morgan fingerprint density at radius 2 is 1.64 bits per heavy atom. The molecule has 0 spiro atoms. The van der Waals surface area contributed by atoms with Crippen molar-refractivity contribution in [3.8, 4) is 0 Å². The van der Waals surface area contributed by atoms with Gasteiger partial charge < -0.3 is 9.64 Å². The number of likely N-dealkylation sites (tertiary alicyclic amines) is 1. The van der Waals surface area contributed by atoms with Crippen molar-refractivity contribution in [2.75, 3.05) is 26.2 Å². The second kappa shape index (κ2) is 8.63. The van der Waals surface area contributed by atoms with Crippen molar-refractivity contribution in [2.45, 2.75) is 82.9 Å². The molecule has 0 aromatic heterocycles. The van der Waals surface area contributed by atoms with E-state index in [1.807, 2.05) is 0 Å². The van der Waals surface area contributed by atoms with E-state index in [1.54, 1.807) is 0 Å². The molecule has 1 saturated heterocycles. The number of ether oxygens (including phenoxy) is 1. The summed E-state index contributed by atoms with van der Waals surface area (Å²) < 4.78 is 19.6. The Morgan fingerprint density at radius 1 is 0.864 bits per heavy atom. The molecule has 1 heterocycles. The van der Waals surface area contributed by atoms with Crippen LogP contribution in [0.15, 0.2) is 0 Å². The summed E-state index contributed by atoms with van der Waals surface area (Å²) >= 11 is 0. The van der Waals surface area contributed by atoms with Crippen molar-refractivity contribution in [1.29, 1.82) is 0 Å². The molecule has 3 rings (SSSR count). The first kappa shape index (κ1) is 16.7. The molecular formula is C19H34FNO. The van der Waals surface area contributed by atoms with E-state index in [0.29, 0.717) is 12.0 Å². The number of hydrogen-bond donors (Lipinski definition) is 0. The van der Waals surface area contributed by atoms with Crippen molar-refractivity contribution in [1.82, 2.24) is 4.90 Å². The second-order valence-corrected chi connectivity index (χ2v) is 7.93. The zero-order valence-corrected chi connectivity index (χ0v) is 14.1. The highest BCUT2D eigenvalue weighted by molar-refractivity contribution is 4.79. The van der Waals surface area contributed by atoms with Gasteiger partial charge in [0.25, 0.3) is 0 Å². The molecule has 2 atom stereocenters. The van der Waals surface area contributed by atoms with E-state index in [9.17, 15) is 4.39 Å². The summed E-state index contributed by atoms with van der Waals surface area (Å²) in [7, 11) is 0. The molecule has 1 aliphatic heterocycles. The average Bonchev–Trinajstić information content (AvgIpc) is 3.02. The molecule has 0 bridgehead atoms. The average molecular weight is 311 g/mol. The number of hydrogen-bond acceptors (Lipinski definition) is 2. The Kier molecular flexibility index (Phi) is 6.55. The number of nitrogens with zero attached hydrogens (tertiary/aromatic N) is 1. The largest absolute Gasteiger partial charge is 0.377 e. The second-order valence-electron chi connectivity index (χ2n) is 7.93. The van der Waals surface area contributed by atoms with Crippen LogP contribution in [0.2, 0.25) is 0 Å². The fraction of sp³-hybridized carbons (Fsp3) is 1.00. The van der Waals surface area contributed by atoms with Crippen LogP contribution in [0.4, 0.5) is 4.39 Å². The molecule has 22 heavy (non-hydrogen) atoms. The molecule has 0 radical (unpaired) electrons. The van der Waals surface area contributed by atoms with Gasteiger partial charge in [0.2, 0.25) is 0 Å². The van der Waals surface area contributed by atoms with E-state index in [-0.39, 0.29) is 0 Å². The SMILES string of the molecule is FC1CCCC(CC2CCC(OCCN3CCCC3)CC2)C1. The van der Waals surface area contributed by atoms with Crippen LogP contribution in [0, 0.1) is 11.8 Å². The maximum Gasteiger partial charge on any atom is 0.100 e. The minimum atomic E-state index is -0.510. The highest BCUT2D eigenvalue weighted by Crippen LogP contribution is 2.36. The maximum atomic E-state index is 13.5. The number of alkyl halides is 1. The van der Waals surface area contributed by atoms with Gasteiger partial charge in [-0.3, -0.25) is 0 Å². The zero-order chi connectivity index (χ0) is 15.2. The van der Waals surface area contributed by atoms with Gasteiger partial charge in [-0.1, -0.05) is 12.8 Å². The molecule has 2 saturated carbocycles. The van der Waals surface area contributed by atoms with Crippen molar-refractivity contribution < 1.29 is 9.13 Å². The van der Waals surface area contributed by atoms with Gasteiger partial charge in [-0.2, -0.15) is 0 Å². The van der Waals surface area contributed by atoms with Crippen molar-refractivity contribution in [2.24, 2.45) is 11.8 Å².